The lowest BCUT2D eigenvalue weighted by molar-refractivity contribution is -0.259. The van der Waals surface area contributed by atoms with E-state index in [-0.39, 0.29) is 5.84 Å². The molecule has 148 valence electrons. The van der Waals surface area contributed by atoms with Crippen molar-refractivity contribution in [2.24, 2.45) is 21.6 Å². The number of benzene rings is 1. The summed E-state index contributed by atoms with van der Waals surface area (Å²) in [5.41, 5.74) is 4.47. The third kappa shape index (κ3) is 2.44. The highest BCUT2D eigenvalue weighted by molar-refractivity contribution is 6.00. The Bertz CT molecular complexity index is 831. The molecule has 3 unspecified atom stereocenters. The molecule has 3 rings (SSSR count). The van der Waals surface area contributed by atoms with Crippen LogP contribution in [0.2, 0.25) is 0 Å². The van der Waals surface area contributed by atoms with Crippen LogP contribution in [0.4, 0.5) is 0 Å². The van der Waals surface area contributed by atoms with Gasteiger partial charge in [-0.2, -0.15) is 10.5 Å². The first kappa shape index (κ1) is 20.1. The smallest absolute Gasteiger partial charge is 0.293 e. The average Bonchev–Trinajstić information content (AvgIpc) is 3.29. The van der Waals surface area contributed by atoms with Gasteiger partial charge in [0, 0.05) is 5.92 Å². The van der Waals surface area contributed by atoms with Crippen molar-refractivity contribution in [1.82, 2.24) is 0 Å². The van der Waals surface area contributed by atoms with Gasteiger partial charge in [-0.1, -0.05) is 26.0 Å². The summed E-state index contributed by atoms with van der Waals surface area (Å²) in [4.78, 5) is 4.41. The summed E-state index contributed by atoms with van der Waals surface area (Å²) in [5.74, 6) is -1.23. The van der Waals surface area contributed by atoms with Crippen LogP contribution >= 0.6 is 0 Å². The van der Waals surface area contributed by atoms with Gasteiger partial charge in [-0.15, -0.1) is 0 Å². The molecular weight excluding hydrogens is 356 g/mol. The highest BCUT2D eigenvalue weighted by Crippen LogP contribution is 2.82. The van der Waals surface area contributed by atoms with Gasteiger partial charge in [0.2, 0.25) is 0 Å². The van der Waals surface area contributed by atoms with Crippen molar-refractivity contribution in [2.45, 2.75) is 45.4 Å². The zero-order valence-electron chi connectivity index (χ0n) is 16.6. The lowest BCUT2D eigenvalue weighted by atomic mass is 9.93. The molecule has 28 heavy (non-hydrogen) atoms. The van der Waals surface area contributed by atoms with E-state index in [4.69, 9.17) is 19.9 Å². The number of nitrogens with zero attached hydrogens (tertiary/aromatic N) is 3. The predicted molar refractivity (Wildman–Crippen MR) is 103 cm³/mol. The van der Waals surface area contributed by atoms with Crippen LogP contribution in [0.5, 0.6) is 5.75 Å². The fraction of sp³-hybridized carbons (Fsp3) is 0.571. The van der Waals surface area contributed by atoms with Gasteiger partial charge in [0.25, 0.3) is 5.91 Å². The molecule has 2 N–H and O–H groups in total. The standard InChI is InChI=1S/C21H26N4O3/c1-4-11-27-21(28-12-5-2)20(14-23)17(19(20,13-22)18(24)25-21)15-7-9-16(10-8-15)26-6-3/h7-10,17H,4-6,11-12H2,1-3H3,(H2,24,25). The van der Waals surface area contributed by atoms with E-state index in [0.29, 0.717) is 19.8 Å². The lowest BCUT2D eigenvalue weighted by Gasteiger charge is -2.32. The van der Waals surface area contributed by atoms with Crippen molar-refractivity contribution in [3.63, 3.8) is 0 Å². The largest absolute Gasteiger partial charge is 0.494 e. The molecule has 0 radical (unpaired) electrons. The van der Waals surface area contributed by atoms with E-state index in [9.17, 15) is 10.5 Å². The van der Waals surface area contributed by atoms with E-state index in [2.05, 4.69) is 17.1 Å². The van der Waals surface area contributed by atoms with Gasteiger partial charge in [0.05, 0.1) is 32.0 Å². The topological polar surface area (TPSA) is 114 Å². The Morgan fingerprint density at radius 2 is 1.64 bits per heavy atom. The van der Waals surface area contributed by atoms with Crippen molar-refractivity contribution in [2.75, 3.05) is 19.8 Å². The van der Waals surface area contributed by atoms with Crippen LogP contribution in [0.25, 0.3) is 0 Å². The number of amidine groups is 1. The van der Waals surface area contributed by atoms with Crippen molar-refractivity contribution in [3.05, 3.63) is 29.8 Å². The molecule has 1 fully saturated rings. The maximum Gasteiger partial charge on any atom is 0.293 e. The first-order chi connectivity index (χ1) is 13.5. The number of nitrogens with two attached hydrogens (primary N) is 1. The van der Waals surface area contributed by atoms with Crippen LogP contribution in [0.15, 0.2) is 29.3 Å². The van der Waals surface area contributed by atoms with E-state index >= 15 is 0 Å². The summed E-state index contributed by atoms with van der Waals surface area (Å²) < 4.78 is 17.5. The molecule has 0 saturated heterocycles. The van der Waals surface area contributed by atoms with Gasteiger partial charge in [-0.05, 0) is 37.5 Å². The Labute approximate surface area is 165 Å². The molecule has 0 amide bonds. The Morgan fingerprint density at radius 3 is 2.11 bits per heavy atom. The molecule has 1 aromatic carbocycles. The molecule has 3 atom stereocenters. The molecule has 2 aliphatic rings. The van der Waals surface area contributed by atoms with E-state index in [1.165, 1.54) is 0 Å². The van der Waals surface area contributed by atoms with Crippen molar-refractivity contribution >= 4 is 5.84 Å². The summed E-state index contributed by atoms with van der Waals surface area (Å²) in [7, 11) is 0. The van der Waals surface area contributed by atoms with Crippen LogP contribution < -0.4 is 10.5 Å². The minimum Gasteiger partial charge on any atom is -0.494 e. The Morgan fingerprint density at radius 1 is 1.04 bits per heavy atom. The van der Waals surface area contributed by atoms with Crippen molar-refractivity contribution in [1.29, 1.82) is 10.5 Å². The second-order valence-electron chi connectivity index (χ2n) is 7.05. The summed E-state index contributed by atoms with van der Waals surface area (Å²) in [6, 6.07) is 12.0. The minimum absolute atomic E-state index is 0.0997. The molecule has 0 spiro atoms. The van der Waals surface area contributed by atoms with Crippen LogP contribution in [-0.2, 0) is 9.47 Å². The maximum absolute atomic E-state index is 10.3. The Hall–Kier alpha value is -2.61. The van der Waals surface area contributed by atoms with Crippen LogP contribution in [-0.4, -0.2) is 31.6 Å². The number of hydrogen-bond donors (Lipinski definition) is 1. The zero-order chi connectivity index (χ0) is 20.4. The van der Waals surface area contributed by atoms with Gasteiger partial charge in [0.15, 0.2) is 5.41 Å². The van der Waals surface area contributed by atoms with E-state index < -0.39 is 22.7 Å². The monoisotopic (exact) mass is 382 g/mol. The molecule has 0 aromatic heterocycles. The lowest BCUT2D eigenvalue weighted by Crippen LogP contribution is -2.44. The molecule has 0 bridgehead atoms. The second kappa shape index (κ2) is 7.43. The fourth-order valence-electron chi connectivity index (χ4n) is 4.26. The van der Waals surface area contributed by atoms with Crippen molar-refractivity contribution < 1.29 is 14.2 Å². The van der Waals surface area contributed by atoms with Gasteiger partial charge in [-0.25, -0.2) is 4.99 Å². The number of nitriles is 2. The Balaban J connectivity index is 2.09. The SMILES string of the molecule is CCCOC1(OCCC)N=C(N)C2(C#N)C(c3ccc(OCC)cc3)C12C#N. The number of aliphatic imine (C=N–C) groups is 1. The van der Waals surface area contributed by atoms with Gasteiger partial charge < -0.3 is 19.9 Å². The van der Waals surface area contributed by atoms with E-state index in [1.54, 1.807) is 0 Å². The van der Waals surface area contributed by atoms with Gasteiger partial charge in [-0.3, -0.25) is 0 Å². The second-order valence-corrected chi connectivity index (χ2v) is 7.05. The molecule has 1 aliphatic carbocycles. The number of rotatable bonds is 9. The maximum atomic E-state index is 10.3. The molecule has 7 heteroatoms. The average molecular weight is 382 g/mol. The molecule has 1 heterocycles. The summed E-state index contributed by atoms with van der Waals surface area (Å²) in [5, 5.41) is 20.4. The normalized spacial score (nSPS) is 29.3. The highest BCUT2D eigenvalue weighted by atomic mass is 16.7. The van der Waals surface area contributed by atoms with Crippen molar-refractivity contribution in [3.8, 4) is 17.9 Å². The first-order valence-electron chi connectivity index (χ1n) is 9.72. The number of ether oxygens (including phenoxy) is 3. The molecule has 1 aliphatic heterocycles. The van der Waals surface area contributed by atoms with Crippen LogP contribution in [0.3, 0.4) is 0 Å². The quantitative estimate of drug-likeness (QED) is 0.657. The third-order valence-corrected chi connectivity index (χ3v) is 5.46. The Kier molecular flexibility index (Phi) is 5.34. The highest BCUT2D eigenvalue weighted by Gasteiger charge is 2.93. The summed E-state index contributed by atoms with van der Waals surface area (Å²) in [6.45, 7) is 7.09. The van der Waals surface area contributed by atoms with Gasteiger partial charge in [0.1, 0.15) is 17.0 Å². The summed E-state index contributed by atoms with van der Waals surface area (Å²) >= 11 is 0. The van der Waals surface area contributed by atoms with Gasteiger partial charge >= 0.3 is 0 Å². The van der Waals surface area contributed by atoms with Crippen LogP contribution in [0.1, 0.15) is 45.1 Å². The molecule has 1 saturated carbocycles. The number of fused-ring (bicyclic) bond motifs is 1. The predicted octanol–water partition coefficient (Wildman–Crippen LogP) is 3.08. The molecule has 7 nitrogen and oxygen atoms in total. The zero-order valence-corrected chi connectivity index (χ0v) is 16.6. The number of hydrogen-bond acceptors (Lipinski definition) is 7. The summed E-state index contributed by atoms with van der Waals surface area (Å²) in [6.07, 6.45) is 1.45. The van der Waals surface area contributed by atoms with E-state index in [1.807, 2.05) is 45.0 Å². The molecular formula is C21H26N4O3. The third-order valence-electron chi connectivity index (χ3n) is 5.46. The van der Waals surface area contributed by atoms with E-state index in [0.717, 1.165) is 24.2 Å². The minimum atomic E-state index is -1.57. The molecule has 1 aromatic rings. The van der Waals surface area contributed by atoms with Crippen LogP contribution in [0, 0.1) is 33.5 Å². The first-order valence-corrected chi connectivity index (χ1v) is 9.72. The fourth-order valence-corrected chi connectivity index (χ4v) is 4.26.